The summed E-state index contributed by atoms with van der Waals surface area (Å²) < 4.78 is 0. The number of amides is 1. The highest BCUT2D eigenvalue weighted by Crippen LogP contribution is 2.37. The molecule has 1 aliphatic carbocycles. The fraction of sp³-hybridized carbons (Fsp3) is 0.875. The minimum Gasteiger partial charge on any atom is -0.481 e. The first-order valence-electron chi connectivity index (χ1n) is 7.94. The molecule has 4 nitrogen and oxygen atoms in total. The number of carboxylic acid groups (broad SMARTS) is 1. The monoisotopic (exact) mass is 281 g/mol. The van der Waals surface area contributed by atoms with E-state index in [0.717, 1.165) is 32.2 Å². The van der Waals surface area contributed by atoms with Crippen LogP contribution in [0.2, 0.25) is 0 Å². The average Bonchev–Trinajstić information content (AvgIpc) is 2.63. The van der Waals surface area contributed by atoms with Gasteiger partial charge >= 0.3 is 5.97 Å². The van der Waals surface area contributed by atoms with Gasteiger partial charge in [0, 0.05) is 18.5 Å². The molecule has 1 aliphatic heterocycles. The second-order valence-corrected chi connectivity index (χ2v) is 7.06. The Morgan fingerprint density at radius 1 is 1.10 bits per heavy atom. The first kappa shape index (κ1) is 15.3. The maximum Gasteiger partial charge on any atom is 0.308 e. The van der Waals surface area contributed by atoms with Gasteiger partial charge in [-0.2, -0.15) is 0 Å². The van der Waals surface area contributed by atoms with E-state index in [2.05, 4.69) is 6.92 Å². The van der Waals surface area contributed by atoms with Crippen LogP contribution in [0.15, 0.2) is 0 Å². The van der Waals surface area contributed by atoms with Crippen LogP contribution in [0.4, 0.5) is 0 Å². The SMILES string of the molecule is CC1CC(C(=O)O)CN(C(=O)C2(C)CCCCCC2)C1. The molecule has 2 unspecified atom stereocenters. The van der Waals surface area contributed by atoms with Crippen LogP contribution in [0.3, 0.4) is 0 Å². The highest BCUT2D eigenvalue weighted by Gasteiger charge is 2.40. The van der Waals surface area contributed by atoms with Crippen molar-refractivity contribution in [1.82, 2.24) is 4.90 Å². The Balaban J connectivity index is 2.08. The van der Waals surface area contributed by atoms with Gasteiger partial charge in [-0.1, -0.05) is 39.5 Å². The zero-order valence-corrected chi connectivity index (χ0v) is 12.7. The van der Waals surface area contributed by atoms with Gasteiger partial charge in [0.1, 0.15) is 0 Å². The zero-order valence-electron chi connectivity index (χ0n) is 12.7. The van der Waals surface area contributed by atoms with Crippen LogP contribution in [0, 0.1) is 17.3 Å². The third-order valence-corrected chi connectivity index (χ3v) is 5.02. The molecule has 0 radical (unpaired) electrons. The molecule has 0 aromatic carbocycles. The molecule has 4 heteroatoms. The van der Waals surface area contributed by atoms with Gasteiger partial charge in [-0.25, -0.2) is 0 Å². The van der Waals surface area contributed by atoms with Crippen molar-refractivity contribution in [3.8, 4) is 0 Å². The van der Waals surface area contributed by atoms with Crippen molar-refractivity contribution in [2.45, 2.75) is 58.8 Å². The van der Waals surface area contributed by atoms with Crippen molar-refractivity contribution < 1.29 is 14.7 Å². The number of carboxylic acids is 1. The molecule has 20 heavy (non-hydrogen) atoms. The molecule has 1 saturated carbocycles. The summed E-state index contributed by atoms with van der Waals surface area (Å²) in [6.45, 7) is 5.24. The van der Waals surface area contributed by atoms with E-state index < -0.39 is 11.9 Å². The Bertz CT molecular complexity index is 372. The normalized spacial score (nSPS) is 30.6. The smallest absolute Gasteiger partial charge is 0.308 e. The number of hydrogen-bond donors (Lipinski definition) is 1. The molecular weight excluding hydrogens is 254 g/mol. The van der Waals surface area contributed by atoms with Crippen molar-refractivity contribution in [3.63, 3.8) is 0 Å². The predicted molar refractivity (Wildman–Crippen MR) is 77.3 cm³/mol. The maximum atomic E-state index is 12.9. The van der Waals surface area contributed by atoms with Gasteiger partial charge in [0.25, 0.3) is 0 Å². The third-order valence-electron chi connectivity index (χ3n) is 5.02. The fourth-order valence-electron chi connectivity index (χ4n) is 3.80. The lowest BCUT2D eigenvalue weighted by molar-refractivity contribution is -0.151. The van der Waals surface area contributed by atoms with E-state index in [1.807, 2.05) is 11.8 Å². The van der Waals surface area contributed by atoms with E-state index in [4.69, 9.17) is 0 Å². The van der Waals surface area contributed by atoms with Gasteiger partial charge in [-0.15, -0.1) is 0 Å². The largest absolute Gasteiger partial charge is 0.481 e. The summed E-state index contributed by atoms with van der Waals surface area (Å²) >= 11 is 0. The Kier molecular flexibility index (Phi) is 4.71. The topological polar surface area (TPSA) is 57.6 Å². The summed E-state index contributed by atoms with van der Waals surface area (Å²) in [6, 6.07) is 0. The molecule has 1 N–H and O–H groups in total. The van der Waals surface area contributed by atoms with Crippen LogP contribution in [-0.4, -0.2) is 35.0 Å². The standard InChI is InChI=1S/C16H27NO3/c1-12-9-13(14(18)19)11-17(10-12)15(20)16(2)7-5-3-4-6-8-16/h12-13H,3-11H2,1-2H3,(H,18,19). The van der Waals surface area contributed by atoms with E-state index in [1.54, 1.807) is 0 Å². The summed E-state index contributed by atoms with van der Waals surface area (Å²) in [5, 5.41) is 9.24. The average molecular weight is 281 g/mol. The minimum atomic E-state index is -0.764. The molecule has 0 aromatic heterocycles. The van der Waals surface area contributed by atoms with Gasteiger partial charge in [-0.05, 0) is 25.2 Å². The van der Waals surface area contributed by atoms with Crippen molar-refractivity contribution in [3.05, 3.63) is 0 Å². The Labute approximate surface area is 121 Å². The van der Waals surface area contributed by atoms with Crippen LogP contribution in [0.1, 0.15) is 58.8 Å². The highest BCUT2D eigenvalue weighted by atomic mass is 16.4. The van der Waals surface area contributed by atoms with Crippen molar-refractivity contribution in [1.29, 1.82) is 0 Å². The molecular formula is C16H27NO3. The second kappa shape index (κ2) is 6.15. The summed E-state index contributed by atoms with van der Waals surface area (Å²) in [7, 11) is 0. The lowest BCUT2D eigenvalue weighted by atomic mass is 9.79. The molecule has 1 amide bonds. The Morgan fingerprint density at radius 2 is 1.70 bits per heavy atom. The molecule has 2 fully saturated rings. The molecule has 1 saturated heterocycles. The van der Waals surface area contributed by atoms with Crippen LogP contribution in [0.25, 0.3) is 0 Å². The lowest BCUT2D eigenvalue weighted by Crippen LogP contribution is -2.50. The first-order chi connectivity index (χ1) is 9.42. The Morgan fingerprint density at radius 3 is 2.25 bits per heavy atom. The molecule has 114 valence electrons. The maximum absolute atomic E-state index is 12.9. The van der Waals surface area contributed by atoms with Crippen LogP contribution in [-0.2, 0) is 9.59 Å². The fourth-order valence-corrected chi connectivity index (χ4v) is 3.80. The third kappa shape index (κ3) is 3.33. The molecule has 1 heterocycles. The molecule has 0 bridgehead atoms. The van der Waals surface area contributed by atoms with Crippen molar-refractivity contribution in [2.24, 2.45) is 17.3 Å². The van der Waals surface area contributed by atoms with E-state index in [0.29, 0.717) is 13.0 Å². The van der Waals surface area contributed by atoms with Crippen LogP contribution >= 0.6 is 0 Å². The molecule has 0 aromatic rings. The quantitative estimate of drug-likeness (QED) is 0.792. The number of hydrogen-bond acceptors (Lipinski definition) is 2. The number of aliphatic carboxylic acids is 1. The van der Waals surface area contributed by atoms with Gasteiger partial charge in [0.2, 0.25) is 5.91 Å². The van der Waals surface area contributed by atoms with E-state index in [-0.39, 0.29) is 17.2 Å². The number of carbonyl (C=O) groups excluding carboxylic acids is 1. The minimum absolute atomic E-state index is 0.192. The zero-order chi connectivity index (χ0) is 14.8. The predicted octanol–water partition coefficient (Wildman–Crippen LogP) is 2.92. The highest BCUT2D eigenvalue weighted by molar-refractivity contribution is 5.83. The first-order valence-corrected chi connectivity index (χ1v) is 7.94. The Hall–Kier alpha value is -1.06. The summed E-state index contributed by atoms with van der Waals surface area (Å²) in [5.74, 6) is -0.683. The van der Waals surface area contributed by atoms with E-state index >= 15 is 0 Å². The van der Waals surface area contributed by atoms with Crippen LogP contribution < -0.4 is 0 Å². The van der Waals surface area contributed by atoms with Gasteiger partial charge < -0.3 is 10.0 Å². The summed E-state index contributed by atoms with van der Waals surface area (Å²) in [6.07, 6.45) is 7.27. The summed E-state index contributed by atoms with van der Waals surface area (Å²) in [5.41, 5.74) is -0.267. The molecule has 2 atom stereocenters. The van der Waals surface area contributed by atoms with Crippen molar-refractivity contribution in [2.75, 3.05) is 13.1 Å². The van der Waals surface area contributed by atoms with Gasteiger partial charge in [0.15, 0.2) is 0 Å². The number of carbonyl (C=O) groups is 2. The second-order valence-electron chi connectivity index (χ2n) is 7.06. The molecule has 2 rings (SSSR count). The lowest BCUT2D eigenvalue weighted by Gasteiger charge is -2.40. The van der Waals surface area contributed by atoms with E-state index in [9.17, 15) is 14.7 Å². The molecule has 0 spiro atoms. The number of rotatable bonds is 2. The van der Waals surface area contributed by atoms with E-state index in [1.165, 1.54) is 12.8 Å². The summed E-state index contributed by atoms with van der Waals surface area (Å²) in [4.78, 5) is 25.9. The number of piperidine rings is 1. The number of nitrogens with zero attached hydrogens (tertiary/aromatic N) is 1. The van der Waals surface area contributed by atoms with Gasteiger partial charge in [0.05, 0.1) is 5.92 Å². The van der Waals surface area contributed by atoms with Crippen molar-refractivity contribution >= 4 is 11.9 Å². The number of likely N-dealkylation sites (tertiary alicyclic amines) is 1. The van der Waals surface area contributed by atoms with Gasteiger partial charge in [-0.3, -0.25) is 9.59 Å². The van der Waals surface area contributed by atoms with Crippen LogP contribution in [0.5, 0.6) is 0 Å². The molecule has 2 aliphatic rings.